The molecule has 0 fully saturated rings. The number of carbonyl (C=O) groups is 2. The molecule has 0 bridgehead atoms. The van der Waals surface area contributed by atoms with Crippen molar-refractivity contribution in [3.05, 3.63) is 29.8 Å². The van der Waals surface area contributed by atoms with Gasteiger partial charge < -0.3 is 20.5 Å². The minimum absolute atomic E-state index is 0.0346. The highest BCUT2D eigenvalue weighted by Gasteiger charge is 2.30. The second-order valence-corrected chi connectivity index (χ2v) is 6.50. The van der Waals surface area contributed by atoms with E-state index >= 15 is 0 Å². The van der Waals surface area contributed by atoms with Crippen molar-refractivity contribution in [3.63, 3.8) is 0 Å². The van der Waals surface area contributed by atoms with Crippen molar-refractivity contribution < 1.29 is 32.6 Å². The van der Waals surface area contributed by atoms with E-state index in [0.29, 0.717) is 12.3 Å². The second-order valence-electron chi connectivity index (χ2n) is 6.50. The molecule has 0 radical (unpaired) electrons. The zero-order chi connectivity index (χ0) is 20.4. The van der Waals surface area contributed by atoms with Crippen LogP contribution in [0, 0.1) is 5.92 Å². The molecule has 0 aliphatic rings. The summed E-state index contributed by atoms with van der Waals surface area (Å²) in [6.07, 6.45) is -4.54. The summed E-state index contributed by atoms with van der Waals surface area (Å²) in [4.78, 5) is 23.1. The van der Waals surface area contributed by atoms with E-state index in [1.807, 2.05) is 13.8 Å². The Labute approximate surface area is 156 Å². The Balaban J connectivity index is 2.28. The van der Waals surface area contributed by atoms with Crippen molar-refractivity contribution in [2.45, 2.75) is 39.0 Å². The number of benzene rings is 1. The zero-order valence-corrected chi connectivity index (χ0v) is 15.3. The molecule has 3 N–H and O–H groups in total. The number of rotatable bonds is 10. The average molecular weight is 390 g/mol. The number of nitrogens with one attached hydrogen (secondary N) is 2. The molecule has 0 aromatic heterocycles. The number of aliphatic hydroxyl groups is 1. The van der Waals surface area contributed by atoms with Gasteiger partial charge in [0.1, 0.15) is 18.5 Å². The number of ether oxygens (including phenoxy) is 1. The van der Waals surface area contributed by atoms with E-state index in [1.54, 1.807) is 0 Å². The third-order valence-electron chi connectivity index (χ3n) is 3.53. The van der Waals surface area contributed by atoms with Crippen molar-refractivity contribution >= 4 is 11.8 Å². The van der Waals surface area contributed by atoms with Crippen LogP contribution in [0.25, 0.3) is 0 Å². The van der Waals surface area contributed by atoms with E-state index in [2.05, 4.69) is 10.6 Å². The number of amides is 2. The Morgan fingerprint density at radius 1 is 1.19 bits per heavy atom. The van der Waals surface area contributed by atoms with Crippen LogP contribution in [-0.2, 0) is 15.8 Å². The third kappa shape index (κ3) is 9.83. The van der Waals surface area contributed by atoms with Gasteiger partial charge >= 0.3 is 6.18 Å². The first-order valence-corrected chi connectivity index (χ1v) is 8.59. The molecule has 1 unspecified atom stereocenters. The maximum Gasteiger partial charge on any atom is 0.416 e. The molecule has 0 aliphatic heterocycles. The summed E-state index contributed by atoms with van der Waals surface area (Å²) in [5.41, 5.74) is -0.851. The number of aliphatic hydroxyl groups excluding tert-OH is 1. The molecular weight excluding hydrogens is 365 g/mol. The van der Waals surface area contributed by atoms with Gasteiger partial charge in [-0.3, -0.25) is 9.59 Å². The van der Waals surface area contributed by atoms with Crippen LogP contribution in [0.3, 0.4) is 0 Å². The van der Waals surface area contributed by atoms with Gasteiger partial charge in [0, 0.05) is 13.0 Å². The lowest BCUT2D eigenvalue weighted by Gasteiger charge is -2.14. The Hall–Kier alpha value is -2.29. The van der Waals surface area contributed by atoms with Gasteiger partial charge in [-0.15, -0.1) is 0 Å². The number of hydrogen-bond acceptors (Lipinski definition) is 4. The van der Waals surface area contributed by atoms with E-state index in [-0.39, 0.29) is 31.4 Å². The maximum atomic E-state index is 12.6. The van der Waals surface area contributed by atoms with Crippen molar-refractivity contribution in [1.29, 1.82) is 0 Å². The Kier molecular flexibility index (Phi) is 9.07. The average Bonchev–Trinajstić information content (AvgIpc) is 2.60. The fraction of sp³-hybridized carbons (Fsp3) is 0.556. The summed E-state index contributed by atoms with van der Waals surface area (Å²) in [5, 5.41) is 14.6. The van der Waals surface area contributed by atoms with Gasteiger partial charge in [0.15, 0.2) is 0 Å². The lowest BCUT2D eigenvalue weighted by atomic mass is 10.1. The molecule has 0 saturated carbocycles. The standard InChI is InChI=1S/C18H25F3N2O4/c1-12(2)6-7-16(25)23-10-17(26)22-9-14(24)11-27-15-5-3-4-13(8-15)18(19,20)21/h3-5,8,12,14,24H,6-7,9-11H2,1-2H3,(H,22,26)(H,23,25). The normalized spacial score (nSPS) is 12.6. The number of halogens is 3. The third-order valence-corrected chi connectivity index (χ3v) is 3.53. The van der Waals surface area contributed by atoms with Crippen LogP contribution < -0.4 is 15.4 Å². The highest BCUT2D eigenvalue weighted by molar-refractivity contribution is 5.84. The van der Waals surface area contributed by atoms with Gasteiger partial charge in [-0.2, -0.15) is 13.2 Å². The monoisotopic (exact) mass is 390 g/mol. The molecule has 0 saturated heterocycles. The molecule has 1 atom stereocenters. The highest BCUT2D eigenvalue weighted by Crippen LogP contribution is 2.31. The molecule has 1 aromatic carbocycles. The van der Waals surface area contributed by atoms with E-state index in [9.17, 15) is 27.9 Å². The summed E-state index contributed by atoms with van der Waals surface area (Å²) in [7, 11) is 0. The summed E-state index contributed by atoms with van der Waals surface area (Å²) in [6.45, 7) is 3.33. The molecular formula is C18H25F3N2O4. The summed E-state index contributed by atoms with van der Waals surface area (Å²) in [6, 6.07) is 4.29. The fourth-order valence-electron chi connectivity index (χ4n) is 1.99. The molecule has 27 heavy (non-hydrogen) atoms. The molecule has 0 heterocycles. The molecule has 9 heteroatoms. The quantitative estimate of drug-likeness (QED) is 0.571. The van der Waals surface area contributed by atoms with Gasteiger partial charge in [0.2, 0.25) is 11.8 Å². The summed E-state index contributed by atoms with van der Waals surface area (Å²) < 4.78 is 43.0. The Morgan fingerprint density at radius 3 is 2.52 bits per heavy atom. The Morgan fingerprint density at radius 2 is 1.89 bits per heavy atom. The van der Waals surface area contributed by atoms with E-state index in [4.69, 9.17) is 4.74 Å². The largest absolute Gasteiger partial charge is 0.491 e. The van der Waals surface area contributed by atoms with Crippen LogP contribution in [0.15, 0.2) is 24.3 Å². The van der Waals surface area contributed by atoms with Gasteiger partial charge in [-0.1, -0.05) is 19.9 Å². The maximum absolute atomic E-state index is 12.6. The van der Waals surface area contributed by atoms with Crippen LogP contribution in [0.2, 0.25) is 0 Å². The first-order valence-electron chi connectivity index (χ1n) is 8.59. The van der Waals surface area contributed by atoms with Crippen LogP contribution >= 0.6 is 0 Å². The predicted molar refractivity (Wildman–Crippen MR) is 93.0 cm³/mol. The zero-order valence-electron chi connectivity index (χ0n) is 15.3. The van der Waals surface area contributed by atoms with Gasteiger partial charge in [-0.05, 0) is 30.5 Å². The van der Waals surface area contributed by atoms with Crippen LogP contribution in [0.4, 0.5) is 13.2 Å². The minimum Gasteiger partial charge on any atom is -0.491 e. The molecule has 2 amide bonds. The lowest BCUT2D eigenvalue weighted by molar-refractivity contribution is -0.137. The van der Waals surface area contributed by atoms with Crippen molar-refractivity contribution in [3.8, 4) is 5.75 Å². The lowest BCUT2D eigenvalue weighted by Crippen LogP contribution is -2.41. The Bertz CT molecular complexity index is 621. The van der Waals surface area contributed by atoms with Crippen LogP contribution in [0.1, 0.15) is 32.3 Å². The molecule has 0 spiro atoms. The van der Waals surface area contributed by atoms with Crippen LogP contribution in [0.5, 0.6) is 5.75 Å². The fourth-order valence-corrected chi connectivity index (χ4v) is 1.99. The predicted octanol–water partition coefficient (Wildman–Crippen LogP) is 2.11. The smallest absolute Gasteiger partial charge is 0.416 e. The summed E-state index contributed by atoms with van der Waals surface area (Å²) >= 11 is 0. The van der Waals surface area contributed by atoms with Crippen molar-refractivity contribution in [2.75, 3.05) is 19.7 Å². The number of carbonyl (C=O) groups excluding carboxylic acids is 2. The molecule has 1 aromatic rings. The van der Waals surface area contributed by atoms with E-state index in [0.717, 1.165) is 18.6 Å². The van der Waals surface area contributed by atoms with Gasteiger partial charge in [0.25, 0.3) is 0 Å². The minimum atomic E-state index is -4.48. The van der Waals surface area contributed by atoms with Crippen molar-refractivity contribution in [2.24, 2.45) is 5.92 Å². The molecule has 1 rings (SSSR count). The SMILES string of the molecule is CC(C)CCC(=O)NCC(=O)NCC(O)COc1cccc(C(F)(F)F)c1. The number of hydrogen-bond donors (Lipinski definition) is 3. The van der Waals surface area contributed by atoms with Gasteiger partial charge in [0.05, 0.1) is 12.1 Å². The molecule has 152 valence electrons. The number of alkyl halides is 3. The van der Waals surface area contributed by atoms with E-state index in [1.165, 1.54) is 12.1 Å². The van der Waals surface area contributed by atoms with Gasteiger partial charge in [-0.25, -0.2) is 0 Å². The van der Waals surface area contributed by atoms with E-state index < -0.39 is 23.8 Å². The van der Waals surface area contributed by atoms with Crippen molar-refractivity contribution in [1.82, 2.24) is 10.6 Å². The second kappa shape index (κ2) is 10.8. The first kappa shape index (κ1) is 22.8. The highest BCUT2D eigenvalue weighted by atomic mass is 19.4. The first-order chi connectivity index (χ1) is 12.6. The topological polar surface area (TPSA) is 87.7 Å². The van der Waals surface area contributed by atoms with Crippen LogP contribution in [-0.4, -0.2) is 42.7 Å². The molecule has 0 aliphatic carbocycles. The molecule has 6 nitrogen and oxygen atoms in total. The summed E-state index contributed by atoms with van der Waals surface area (Å²) in [5.74, 6) is -0.359.